The molecule has 3 rings (SSSR count). The van der Waals surface area contributed by atoms with Crippen molar-refractivity contribution in [2.75, 3.05) is 18.4 Å². The van der Waals surface area contributed by atoms with E-state index in [1.54, 1.807) is 11.1 Å². The van der Waals surface area contributed by atoms with Crippen LogP contribution in [0.5, 0.6) is 0 Å². The van der Waals surface area contributed by atoms with Crippen LogP contribution in [0, 0.1) is 18.3 Å². The molecule has 2 heterocycles. The van der Waals surface area contributed by atoms with Crippen molar-refractivity contribution in [1.29, 1.82) is 0 Å². The van der Waals surface area contributed by atoms with E-state index >= 15 is 0 Å². The van der Waals surface area contributed by atoms with Crippen molar-refractivity contribution < 1.29 is 14.7 Å². The molecule has 0 spiro atoms. The number of aromatic nitrogens is 2. The summed E-state index contributed by atoms with van der Waals surface area (Å²) in [7, 11) is 0. The van der Waals surface area contributed by atoms with Crippen molar-refractivity contribution in [3.8, 4) is 0 Å². The Balaban J connectivity index is 1.71. The average Bonchev–Trinajstić information content (AvgIpc) is 3.20. The number of carboxylic acids is 1. The molecule has 3 atom stereocenters. The lowest BCUT2D eigenvalue weighted by atomic mass is 9.81. The van der Waals surface area contributed by atoms with Gasteiger partial charge in [-0.1, -0.05) is 13.3 Å². The zero-order valence-electron chi connectivity index (χ0n) is 14.6. The number of amides is 2. The van der Waals surface area contributed by atoms with Gasteiger partial charge in [-0.2, -0.15) is 5.10 Å². The highest BCUT2D eigenvalue weighted by molar-refractivity contribution is 5.91. The van der Waals surface area contributed by atoms with E-state index in [-0.39, 0.29) is 18.0 Å². The Labute approximate surface area is 142 Å². The standard InChI is InChI=1S/C17H26N4O3/c1-4-11(2)21-12(3)14(8-18-21)19-16(24)20-9-13-6-5-7-17(13,10-20)15(22)23/h8,11,13H,4-7,9-10H2,1-3H3,(H,19,24)(H,22,23)/t11?,13-,17+/m0/s1. The van der Waals surface area contributed by atoms with Crippen LogP contribution < -0.4 is 5.32 Å². The molecule has 1 saturated carbocycles. The molecular weight excluding hydrogens is 308 g/mol. The molecule has 7 nitrogen and oxygen atoms in total. The predicted molar refractivity (Wildman–Crippen MR) is 90.0 cm³/mol. The van der Waals surface area contributed by atoms with E-state index in [1.807, 2.05) is 11.6 Å². The minimum absolute atomic E-state index is 0.0738. The van der Waals surface area contributed by atoms with Crippen LogP contribution in [0.3, 0.4) is 0 Å². The molecule has 0 radical (unpaired) electrons. The van der Waals surface area contributed by atoms with Crippen LogP contribution in [-0.2, 0) is 4.79 Å². The summed E-state index contributed by atoms with van der Waals surface area (Å²) in [5.74, 6) is -0.689. The number of anilines is 1. The first kappa shape index (κ1) is 16.8. The molecule has 2 fully saturated rings. The van der Waals surface area contributed by atoms with Gasteiger partial charge in [0.25, 0.3) is 0 Å². The summed E-state index contributed by atoms with van der Waals surface area (Å²) >= 11 is 0. The lowest BCUT2D eigenvalue weighted by Gasteiger charge is -2.23. The molecule has 132 valence electrons. The zero-order chi connectivity index (χ0) is 17.5. The SMILES string of the molecule is CCC(C)n1ncc(NC(=O)N2C[C@@H]3CCC[C@@]3(C(=O)O)C2)c1C. The number of carboxylic acid groups (broad SMARTS) is 1. The number of nitrogens with zero attached hydrogens (tertiary/aromatic N) is 3. The average molecular weight is 334 g/mol. The maximum absolute atomic E-state index is 12.6. The van der Waals surface area contributed by atoms with Crippen LogP contribution in [-0.4, -0.2) is 44.9 Å². The van der Waals surface area contributed by atoms with Crippen molar-refractivity contribution in [1.82, 2.24) is 14.7 Å². The molecule has 2 amide bonds. The number of nitrogens with one attached hydrogen (secondary N) is 1. The highest BCUT2D eigenvalue weighted by Gasteiger charge is 2.55. The lowest BCUT2D eigenvalue weighted by molar-refractivity contribution is -0.149. The molecule has 2 N–H and O–H groups in total. The van der Waals surface area contributed by atoms with Crippen molar-refractivity contribution >= 4 is 17.7 Å². The Morgan fingerprint density at radius 2 is 2.29 bits per heavy atom. The topological polar surface area (TPSA) is 87.5 Å². The van der Waals surface area contributed by atoms with E-state index in [0.717, 1.165) is 25.0 Å². The summed E-state index contributed by atoms with van der Waals surface area (Å²) in [6, 6.07) is 0.0499. The van der Waals surface area contributed by atoms with E-state index in [2.05, 4.69) is 24.3 Å². The van der Waals surface area contributed by atoms with Crippen LogP contribution >= 0.6 is 0 Å². The van der Waals surface area contributed by atoms with Crippen molar-refractivity contribution in [2.45, 2.75) is 52.5 Å². The smallest absolute Gasteiger partial charge is 0.321 e. The Hall–Kier alpha value is -2.05. The number of carbonyl (C=O) groups is 2. The number of rotatable bonds is 4. The van der Waals surface area contributed by atoms with Gasteiger partial charge in [-0.15, -0.1) is 0 Å². The third kappa shape index (κ3) is 2.56. The first-order valence-corrected chi connectivity index (χ1v) is 8.72. The summed E-state index contributed by atoms with van der Waals surface area (Å²) < 4.78 is 1.91. The molecule has 1 aromatic rings. The molecule has 0 aromatic carbocycles. The second-order valence-corrected chi connectivity index (χ2v) is 7.21. The van der Waals surface area contributed by atoms with Crippen LogP contribution in [0.4, 0.5) is 10.5 Å². The predicted octanol–water partition coefficient (Wildman–Crippen LogP) is 2.88. The summed E-state index contributed by atoms with van der Waals surface area (Å²) in [5, 5.41) is 16.9. The fourth-order valence-corrected chi connectivity index (χ4v) is 4.15. The van der Waals surface area contributed by atoms with Gasteiger partial charge in [0.2, 0.25) is 0 Å². The number of likely N-dealkylation sites (tertiary alicyclic amines) is 1. The number of hydrogen-bond acceptors (Lipinski definition) is 3. The molecule has 1 aliphatic carbocycles. The number of carbonyl (C=O) groups excluding carboxylic acids is 1. The first-order valence-electron chi connectivity index (χ1n) is 8.72. The Morgan fingerprint density at radius 3 is 2.92 bits per heavy atom. The van der Waals surface area contributed by atoms with Gasteiger partial charge in [-0.3, -0.25) is 9.48 Å². The molecule has 1 unspecified atom stereocenters. The molecule has 2 aliphatic rings. The molecule has 0 bridgehead atoms. The largest absolute Gasteiger partial charge is 0.481 e. The summed E-state index contributed by atoms with van der Waals surface area (Å²) in [6.07, 6.45) is 5.13. The Morgan fingerprint density at radius 1 is 1.54 bits per heavy atom. The number of aliphatic carboxylic acids is 1. The van der Waals surface area contributed by atoms with Crippen molar-refractivity contribution in [2.24, 2.45) is 11.3 Å². The summed E-state index contributed by atoms with van der Waals surface area (Å²) in [5.41, 5.74) is 0.875. The van der Waals surface area contributed by atoms with Crippen molar-refractivity contribution in [3.63, 3.8) is 0 Å². The number of hydrogen-bond donors (Lipinski definition) is 2. The van der Waals surface area contributed by atoms with Crippen LogP contribution in [0.2, 0.25) is 0 Å². The summed E-state index contributed by atoms with van der Waals surface area (Å²) in [6.45, 7) is 6.95. The van der Waals surface area contributed by atoms with E-state index in [0.29, 0.717) is 25.2 Å². The second kappa shape index (κ2) is 6.11. The fourth-order valence-electron chi connectivity index (χ4n) is 4.15. The molecule has 1 saturated heterocycles. The first-order chi connectivity index (χ1) is 11.4. The van der Waals surface area contributed by atoms with Gasteiger partial charge in [0.1, 0.15) is 0 Å². The highest BCUT2D eigenvalue weighted by atomic mass is 16.4. The van der Waals surface area contributed by atoms with Gasteiger partial charge in [-0.05, 0) is 39.0 Å². The monoisotopic (exact) mass is 334 g/mol. The minimum Gasteiger partial charge on any atom is -0.481 e. The quantitative estimate of drug-likeness (QED) is 0.886. The number of urea groups is 1. The van der Waals surface area contributed by atoms with E-state index < -0.39 is 11.4 Å². The molecule has 7 heteroatoms. The van der Waals surface area contributed by atoms with E-state index in [9.17, 15) is 14.7 Å². The fraction of sp³-hybridized carbons (Fsp3) is 0.706. The van der Waals surface area contributed by atoms with Gasteiger partial charge in [0.05, 0.1) is 23.0 Å². The molecule has 1 aromatic heterocycles. The third-order valence-corrected chi connectivity index (χ3v) is 5.88. The maximum atomic E-state index is 12.6. The Kier molecular flexibility index (Phi) is 4.27. The van der Waals surface area contributed by atoms with Gasteiger partial charge < -0.3 is 15.3 Å². The van der Waals surface area contributed by atoms with Gasteiger partial charge in [0.15, 0.2) is 0 Å². The number of fused-ring (bicyclic) bond motifs is 1. The third-order valence-electron chi connectivity index (χ3n) is 5.88. The highest BCUT2D eigenvalue weighted by Crippen LogP contribution is 2.48. The van der Waals surface area contributed by atoms with Crippen LogP contribution in [0.1, 0.15) is 51.3 Å². The minimum atomic E-state index is -0.763. The lowest BCUT2D eigenvalue weighted by Crippen LogP contribution is -2.38. The maximum Gasteiger partial charge on any atom is 0.321 e. The van der Waals surface area contributed by atoms with E-state index in [1.165, 1.54) is 0 Å². The van der Waals surface area contributed by atoms with Crippen molar-refractivity contribution in [3.05, 3.63) is 11.9 Å². The van der Waals surface area contributed by atoms with Gasteiger partial charge >= 0.3 is 12.0 Å². The molecule has 1 aliphatic heterocycles. The van der Waals surface area contributed by atoms with Gasteiger partial charge in [-0.25, -0.2) is 4.79 Å². The Bertz CT molecular complexity index is 656. The van der Waals surface area contributed by atoms with Crippen LogP contribution in [0.25, 0.3) is 0 Å². The second-order valence-electron chi connectivity index (χ2n) is 7.21. The normalized spacial score (nSPS) is 27.1. The van der Waals surface area contributed by atoms with Gasteiger partial charge in [0, 0.05) is 19.1 Å². The molecular formula is C17H26N4O3. The summed E-state index contributed by atoms with van der Waals surface area (Å²) in [4.78, 5) is 26.0. The van der Waals surface area contributed by atoms with E-state index in [4.69, 9.17) is 0 Å². The molecule has 24 heavy (non-hydrogen) atoms. The zero-order valence-corrected chi connectivity index (χ0v) is 14.6. The van der Waals surface area contributed by atoms with Crippen LogP contribution in [0.15, 0.2) is 6.20 Å².